The average molecular weight is 390 g/mol. The molecule has 0 bridgehead atoms. The first kappa shape index (κ1) is 22.5. The Hall–Kier alpha value is -0.500. The maximum Gasteiger partial charge on any atom is 0.262 e. The minimum atomic E-state index is -2.80. The van der Waals surface area contributed by atoms with Crippen LogP contribution in [0.25, 0.3) is 0 Å². The van der Waals surface area contributed by atoms with Crippen molar-refractivity contribution >= 4 is 42.1 Å². The van der Waals surface area contributed by atoms with Crippen molar-refractivity contribution in [2.24, 2.45) is 0 Å². The Kier molecular flexibility index (Phi) is 7.88. The fourth-order valence-electron chi connectivity index (χ4n) is 2.11. The lowest BCUT2D eigenvalue weighted by Crippen LogP contribution is -2.41. The van der Waals surface area contributed by atoms with Gasteiger partial charge in [-0.15, -0.1) is 36.2 Å². The van der Waals surface area contributed by atoms with Crippen molar-refractivity contribution in [3.8, 4) is 0 Å². The Morgan fingerprint density at radius 1 is 1.48 bits per heavy atom. The molecule has 2 rings (SSSR count). The van der Waals surface area contributed by atoms with Gasteiger partial charge in [0.25, 0.3) is 5.92 Å². The minimum Gasteiger partial charge on any atom is -0.346 e. The van der Waals surface area contributed by atoms with Crippen LogP contribution in [0.2, 0.25) is 0 Å². The van der Waals surface area contributed by atoms with E-state index in [0.717, 1.165) is 10.7 Å². The number of halogens is 4. The molecule has 2 heterocycles. The lowest BCUT2D eigenvalue weighted by Gasteiger charge is -2.17. The molecular formula is C14H23Cl2F2N3OS. The number of nitrogens with one attached hydrogen (secondary N) is 2. The van der Waals surface area contributed by atoms with Crippen LogP contribution in [0.5, 0.6) is 0 Å². The zero-order chi connectivity index (χ0) is 15.8. The van der Waals surface area contributed by atoms with Crippen molar-refractivity contribution in [3.63, 3.8) is 0 Å². The Balaban J connectivity index is 0.00000242. The lowest BCUT2D eigenvalue weighted by atomic mass is 9.93. The molecule has 1 aliphatic heterocycles. The Morgan fingerprint density at radius 2 is 2.09 bits per heavy atom. The average Bonchev–Trinajstić information content (AvgIpc) is 2.94. The van der Waals surface area contributed by atoms with Crippen molar-refractivity contribution in [2.45, 2.75) is 57.5 Å². The van der Waals surface area contributed by atoms with Gasteiger partial charge in [-0.25, -0.2) is 13.8 Å². The molecule has 1 fully saturated rings. The molecule has 4 nitrogen and oxygen atoms in total. The van der Waals surface area contributed by atoms with Crippen LogP contribution in [-0.2, 0) is 10.2 Å². The second-order valence-electron chi connectivity index (χ2n) is 6.54. The number of hydrogen-bond acceptors (Lipinski definition) is 4. The molecule has 1 aliphatic rings. The molecule has 2 atom stereocenters. The van der Waals surface area contributed by atoms with E-state index in [9.17, 15) is 13.6 Å². The molecule has 0 aromatic carbocycles. The Morgan fingerprint density at radius 3 is 2.52 bits per heavy atom. The van der Waals surface area contributed by atoms with Gasteiger partial charge in [-0.1, -0.05) is 20.8 Å². The van der Waals surface area contributed by atoms with Gasteiger partial charge in [-0.2, -0.15) is 0 Å². The van der Waals surface area contributed by atoms with Crippen molar-refractivity contribution in [1.82, 2.24) is 15.6 Å². The van der Waals surface area contributed by atoms with E-state index in [0.29, 0.717) is 0 Å². The maximum atomic E-state index is 13.1. The summed E-state index contributed by atoms with van der Waals surface area (Å²) in [5.41, 5.74) is 0.919. The molecule has 2 unspecified atom stereocenters. The fraction of sp³-hybridized carbons (Fsp3) is 0.714. The highest BCUT2D eigenvalue weighted by Crippen LogP contribution is 2.28. The Bertz CT molecular complexity index is 534. The third kappa shape index (κ3) is 5.81. The predicted molar refractivity (Wildman–Crippen MR) is 93.2 cm³/mol. The molecule has 1 amide bonds. The van der Waals surface area contributed by atoms with E-state index in [-0.39, 0.29) is 36.3 Å². The van der Waals surface area contributed by atoms with E-state index in [1.165, 1.54) is 11.3 Å². The van der Waals surface area contributed by atoms with Gasteiger partial charge in [0.15, 0.2) is 0 Å². The first-order chi connectivity index (χ1) is 9.58. The first-order valence-corrected chi connectivity index (χ1v) is 7.84. The number of alkyl halides is 2. The van der Waals surface area contributed by atoms with Crippen LogP contribution < -0.4 is 10.6 Å². The van der Waals surface area contributed by atoms with Crippen molar-refractivity contribution in [1.29, 1.82) is 0 Å². The molecule has 134 valence electrons. The van der Waals surface area contributed by atoms with Crippen LogP contribution in [0.3, 0.4) is 0 Å². The monoisotopic (exact) mass is 389 g/mol. The maximum absolute atomic E-state index is 13.1. The molecule has 1 saturated heterocycles. The van der Waals surface area contributed by atoms with Gasteiger partial charge in [0.1, 0.15) is 5.01 Å². The van der Waals surface area contributed by atoms with Gasteiger partial charge in [-0.3, -0.25) is 10.1 Å². The summed E-state index contributed by atoms with van der Waals surface area (Å²) in [7, 11) is 0. The number of aromatic nitrogens is 1. The van der Waals surface area contributed by atoms with Crippen molar-refractivity contribution in [3.05, 3.63) is 16.1 Å². The SMILES string of the molecule is CC(NC(=O)C1CC(F)(F)CN1)c1nc(C(C)(C)C)cs1.Cl.Cl. The summed E-state index contributed by atoms with van der Waals surface area (Å²) in [6.07, 6.45) is -0.448. The topological polar surface area (TPSA) is 54.0 Å². The molecule has 1 aromatic heterocycles. The summed E-state index contributed by atoms with van der Waals surface area (Å²) in [6.45, 7) is 7.58. The van der Waals surface area contributed by atoms with E-state index in [1.54, 1.807) is 0 Å². The van der Waals surface area contributed by atoms with Gasteiger partial charge >= 0.3 is 0 Å². The molecule has 0 saturated carbocycles. The number of hydrogen-bond donors (Lipinski definition) is 2. The van der Waals surface area contributed by atoms with Gasteiger partial charge < -0.3 is 5.32 Å². The highest BCUT2D eigenvalue weighted by atomic mass is 35.5. The molecule has 0 aliphatic carbocycles. The first-order valence-electron chi connectivity index (χ1n) is 6.96. The van der Waals surface area contributed by atoms with Crippen LogP contribution in [-0.4, -0.2) is 29.4 Å². The standard InChI is InChI=1S/C14H21F2N3OS.2ClH/c1-8(12-19-10(6-21-12)13(2,3)4)18-11(20)9-5-14(15,16)7-17-9;;/h6,8-9,17H,5,7H2,1-4H3,(H,18,20);2*1H. The van der Waals surface area contributed by atoms with Crippen molar-refractivity contribution < 1.29 is 13.6 Å². The molecule has 1 aromatic rings. The smallest absolute Gasteiger partial charge is 0.262 e. The largest absolute Gasteiger partial charge is 0.346 e. The predicted octanol–water partition coefficient (Wildman–Crippen LogP) is 3.46. The number of rotatable bonds is 3. The zero-order valence-corrected chi connectivity index (χ0v) is 15.9. The molecule has 0 spiro atoms. The summed E-state index contributed by atoms with van der Waals surface area (Å²) in [4.78, 5) is 16.5. The number of carbonyl (C=O) groups excluding carboxylic acids is 1. The Labute approximate surface area is 151 Å². The number of nitrogens with zero attached hydrogens (tertiary/aromatic N) is 1. The van der Waals surface area contributed by atoms with E-state index in [2.05, 4.69) is 36.4 Å². The lowest BCUT2D eigenvalue weighted by molar-refractivity contribution is -0.124. The van der Waals surface area contributed by atoms with E-state index in [4.69, 9.17) is 0 Å². The third-order valence-corrected chi connectivity index (χ3v) is 4.47. The second kappa shape index (κ2) is 8.05. The van der Waals surface area contributed by atoms with Gasteiger partial charge in [-0.05, 0) is 6.92 Å². The molecular weight excluding hydrogens is 367 g/mol. The van der Waals surface area contributed by atoms with Crippen LogP contribution >= 0.6 is 36.2 Å². The minimum absolute atomic E-state index is 0. The van der Waals surface area contributed by atoms with Crippen LogP contribution in [0.1, 0.15) is 50.9 Å². The molecule has 9 heteroatoms. The molecule has 23 heavy (non-hydrogen) atoms. The van der Waals surface area contributed by atoms with Gasteiger partial charge in [0, 0.05) is 17.2 Å². The quantitative estimate of drug-likeness (QED) is 0.831. The van der Waals surface area contributed by atoms with Gasteiger partial charge in [0.2, 0.25) is 5.91 Å². The fourth-order valence-corrected chi connectivity index (χ4v) is 3.16. The summed E-state index contributed by atoms with van der Waals surface area (Å²) in [5, 5.41) is 8.07. The van der Waals surface area contributed by atoms with E-state index in [1.807, 2.05) is 12.3 Å². The van der Waals surface area contributed by atoms with E-state index < -0.39 is 30.8 Å². The van der Waals surface area contributed by atoms with Crippen LogP contribution in [0.4, 0.5) is 8.78 Å². The summed E-state index contributed by atoms with van der Waals surface area (Å²) in [5.74, 6) is -3.20. The number of amides is 1. The molecule has 0 radical (unpaired) electrons. The van der Waals surface area contributed by atoms with Crippen LogP contribution in [0, 0.1) is 0 Å². The second-order valence-corrected chi connectivity index (χ2v) is 7.43. The van der Waals surface area contributed by atoms with Crippen LogP contribution in [0.15, 0.2) is 5.38 Å². The highest BCUT2D eigenvalue weighted by Gasteiger charge is 2.42. The summed E-state index contributed by atoms with van der Waals surface area (Å²) < 4.78 is 26.2. The summed E-state index contributed by atoms with van der Waals surface area (Å²) in [6, 6.07) is -1.11. The van der Waals surface area contributed by atoms with Crippen molar-refractivity contribution in [2.75, 3.05) is 6.54 Å². The van der Waals surface area contributed by atoms with E-state index >= 15 is 0 Å². The van der Waals surface area contributed by atoms with Gasteiger partial charge in [0.05, 0.1) is 24.3 Å². The summed E-state index contributed by atoms with van der Waals surface area (Å²) >= 11 is 1.47. The number of thiazole rings is 1. The number of carbonyl (C=O) groups is 1. The third-order valence-electron chi connectivity index (χ3n) is 3.45. The zero-order valence-electron chi connectivity index (χ0n) is 13.5. The highest BCUT2D eigenvalue weighted by molar-refractivity contribution is 7.09. The molecule has 2 N–H and O–H groups in total. The normalized spacial score (nSPS) is 21.0.